The number of anilines is 5. The summed E-state index contributed by atoms with van der Waals surface area (Å²) in [5.41, 5.74) is 21.9. The molecule has 2 atom stereocenters. The third-order valence-electron chi connectivity index (χ3n) is 15.8. The molecule has 1 fully saturated rings. The fourth-order valence-corrected chi connectivity index (χ4v) is 13.5. The van der Waals surface area contributed by atoms with E-state index in [0.717, 1.165) is 0 Å². The Morgan fingerprint density at radius 1 is 0.639 bits per heavy atom. The normalized spacial score (nSPS) is 20.1. The van der Waals surface area contributed by atoms with Crippen molar-refractivity contribution < 1.29 is 0 Å². The first-order valence-corrected chi connectivity index (χ1v) is 23.5. The summed E-state index contributed by atoms with van der Waals surface area (Å²) in [6.07, 6.45) is 4.90. The number of aryl methyl sites for hydroxylation is 2. The molecule has 304 valence electrons. The maximum Gasteiger partial charge on any atom is 0.252 e. The first-order chi connectivity index (χ1) is 29.1. The van der Waals surface area contributed by atoms with Crippen LogP contribution in [0.2, 0.25) is 0 Å². The predicted molar refractivity (Wildman–Crippen MR) is 265 cm³/mol. The summed E-state index contributed by atoms with van der Waals surface area (Å²) < 4.78 is 5.48. The zero-order valence-corrected chi connectivity index (χ0v) is 38.4. The molecular weight excluding hydrogens is 758 g/mol. The summed E-state index contributed by atoms with van der Waals surface area (Å²) in [5, 5.41) is 2.74. The zero-order valence-electron chi connectivity index (χ0n) is 37.5. The minimum atomic E-state index is -0.0870. The molecule has 61 heavy (non-hydrogen) atoms. The van der Waals surface area contributed by atoms with Gasteiger partial charge in [0.05, 0.1) is 27.0 Å². The monoisotopic (exact) mass is 813 g/mol. The highest BCUT2D eigenvalue weighted by Crippen LogP contribution is 2.62. The molecule has 0 bridgehead atoms. The minimum absolute atomic E-state index is 0.00737. The van der Waals surface area contributed by atoms with E-state index in [2.05, 4.69) is 193 Å². The van der Waals surface area contributed by atoms with E-state index in [9.17, 15) is 0 Å². The van der Waals surface area contributed by atoms with E-state index in [1.807, 2.05) is 11.3 Å². The van der Waals surface area contributed by atoms with Crippen molar-refractivity contribution in [2.75, 3.05) is 9.80 Å². The Morgan fingerprint density at radius 3 is 1.93 bits per heavy atom. The molecule has 3 nitrogen and oxygen atoms in total. The topological polar surface area (TPSA) is 11.4 Å². The molecule has 1 saturated carbocycles. The van der Waals surface area contributed by atoms with Crippen molar-refractivity contribution in [2.24, 2.45) is 0 Å². The maximum atomic E-state index is 2.91. The Labute approximate surface area is 366 Å². The lowest BCUT2D eigenvalue weighted by Crippen LogP contribution is -2.64. The lowest BCUT2D eigenvalue weighted by atomic mass is 9.33. The molecule has 0 radical (unpaired) electrons. The van der Waals surface area contributed by atoms with Crippen LogP contribution in [0.25, 0.3) is 36.9 Å². The van der Waals surface area contributed by atoms with Crippen LogP contribution >= 0.6 is 11.3 Å². The number of aromatic nitrogens is 1. The van der Waals surface area contributed by atoms with Crippen molar-refractivity contribution in [3.8, 4) is 5.69 Å². The number of hydrogen-bond acceptors (Lipinski definition) is 3. The highest BCUT2D eigenvalue weighted by Gasteiger charge is 2.61. The van der Waals surface area contributed by atoms with E-state index in [0.29, 0.717) is 0 Å². The summed E-state index contributed by atoms with van der Waals surface area (Å²) in [6.45, 7) is 24.3. The minimum Gasteiger partial charge on any atom is -0.335 e. The van der Waals surface area contributed by atoms with Crippen molar-refractivity contribution in [3.63, 3.8) is 0 Å². The first-order valence-electron chi connectivity index (χ1n) is 22.7. The molecule has 1 aliphatic carbocycles. The number of hydrogen-bond donors (Lipinski definition) is 0. The highest BCUT2D eigenvalue weighted by atomic mass is 32.1. The van der Waals surface area contributed by atoms with Gasteiger partial charge in [-0.3, -0.25) is 0 Å². The van der Waals surface area contributed by atoms with E-state index in [-0.39, 0.29) is 28.5 Å². The molecule has 12 rings (SSSR count). The Morgan fingerprint density at radius 2 is 1.25 bits per heavy atom. The molecule has 0 N–H and O–H groups in total. The predicted octanol–water partition coefficient (Wildman–Crippen LogP) is 13.6. The van der Waals surface area contributed by atoms with Gasteiger partial charge in [0.1, 0.15) is 0 Å². The number of nitrogens with zero attached hydrogens (tertiary/aromatic N) is 3. The summed E-state index contributed by atoms with van der Waals surface area (Å²) in [4.78, 5) is 5.48. The second-order valence-electron chi connectivity index (χ2n) is 21.4. The zero-order chi connectivity index (χ0) is 42.1. The Bertz CT molecular complexity index is 3160. The van der Waals surface area contributed by atoms with Gasteiger partial charge in [0.25, 0.3) is 6.71 Å². The van der Waals surface area contributed by atoms with Crippen molar-refractivity contribution >= 4 is 94.1 Å². The van der Waals surface area contributed by atoms with Gasteiger partial charge in [-0.05, 0) is 125 Å². The number of fused-ring (bicyclic) bond motifs is 12. The van der Waals surface area contributed by atoms with Gasteiger partial charge >= 0.3 is 0 Å². The molecule has 5 heterocycles. The van der Waals surface area contributed by atoms with Crippen LogP contribution in [0.1, 0.15) is 109 Å². The Kier molecular flexibility index (Phi) is 7.51. The Balaban J connectivity index is 1.31. The average molecular weight is 814 g/mol. The summed E-state index contributed by atoms with van der Waals surface area (Å²) in [5.74, 6) is 0. The van der Waals surface area contributed by atoms with Crippen molar-refractivity contribution in [3.05, 3.63) is 137 Å². The largest absolute Gasteiger partial charge is 0.335 e. The lowest BCUT2D eigenvalue weighted by molar-refractivity contribution is 0.195. The van der Waals surface area contributed by atoms with Crippen molar-refractivity contribution in [1.82, 2.24) is 4.57 Å². The quantitative estimate of drug-likeness (QED) is 0.165. The third kappa shape index (κ3) is 4.82. The van der Waals surface area contributed by atoms with Gasteiger partial charge < -0.3 is 14.4 Å². The SMILES string of the molecule is Cc1ccccc1N(c1cc2c3c(c1)-n1c4c(cc(C(C)(C)C)cc4c4sc5ccccc5c41)B3c1cc(C(C)(C)C)cc3c1N2C1(C)CCCCC31C)c1ccccc1C. The number of benzene rings is 6. The highest BCUT2D eigenvalue weighted by molar-refractivity contribution is 7.26. The van der Waals surface area contributed by atoms with E-state index in [1.54, 1.807) is 5.56 Å². The molecule has 2 unspecified atom stereocenters. The van der Waals surface area contributed by atoms with Gasteiger partial charge in [-0.15, -0.1) is 11.3 Å². The second kappa shape index (κ2) is 12.2. The number of rotatable bonds is 3. The molecule has 5 heteroatoms. The van der Waals surface area contributed by atoms with Crippen LogP contribution < -0.4 is 26.2 Å². The molecule has 0 amide bonds. The fraction of sp³-hybridized carbons (Fsp3) is 0.321. The van der Waals surface area contributed by atoms with Crippen LogP contribution in [0.15, 0.2) is 109 Å². The van der Waals surface area contributed by atoms with Gasteiger partial charge in [0.2, 0.25) is 0 Å². The van der Waals surface area contributed by atoms with Crippen molar-refractivity contribution in [1.29, 1.82) is 0 Å². The molecular formula is C56H56BN3S. The summed E-state index contributed by atoms with van der Waals surface area (Å²) >= 11 is 1.97. The lowest BCUT2D eigenvalue weighted by Gasteiger charge is -2.52. The van der Waals surface area contributed by atoms with Crippen LogP contribution in [-0.2, 0) is 16.2 Å². The first kappa shape index (κ1) is 37.5. The molecule has 3 aliphatic heterocycles. The molecule has 4 aliphatic rings. The number of thiophene rings is 1. The van der Waals surface area contributed by atoms with Crippen LogP contribution in [0.3, 0.4) is 0 Å². The summed E-state index contributed by atoms with van der Waals surface area (Å²) in [6, 6.07) is 42.7. The number of para-hydroxylation sites is 2. The molecule has 0 spiro atoms. The second-order valence-corrected chi connectivity index (χ2v) is 22.5. The van der Waals surface area contributed by atoms with Crippen LogP contribution in [-0.4, -0.2) is 16.8 Å². The van der Waals surface area contributed by atoms with Gasteiger partial charge in [0.15, 0.2) is 0 Å². The van der Waals surface area contributed by atoms with Crippen LogP contribution in [0, 0.1) is 13.8 Å². The van der Waals surface area contributed by atoms with E-state index < -0.39 is 0 Å². The van der Waals surface area contributed by atoms with Gasteiger partial charge in [-0.1, -0.05) is 134 Å². The standard InChI is InChI=1S/C56H56BN3S/c1-33-19-11-14-22-43(33)58(44-23-15-12-20-34(44)2)37-31-45-48-46(32-37)60-51-40(55(9)25-17-18-26-56(55,60)10)28-36(54(6,7)8)30-42(51)57(48)41-29-35(53(3,4)5)27-39-49(41)59(45)50-38-21-13-16-24-47(38)61-52(39)50/h11-16,19-24,27-32H,17-18,25-26H2,1-10H3. The van der Waals surface area contributed by atoms with E-state index in [4.69, 9.17) is 0 Å². The molecule has 8 aromatic rings. The molecule has 0 saturated heterocycles. The average Bonchev–Trinajstić information content (AvgIpc) is 3.83. The van der Waals surface area contributed by atoms with Gasteiger partial charge in [0, 0.05) is 49.3 Å². The van der Waals surface area contributed by atoms with Gasteiger partial charge in [-0.2, -0.15) is 0 Å². The molecule has 2 aromatic heterocycles. The Hall–Kier alpha value is -5.26. The van der Waals surface area contributed by atoms with Crippen LogP contribution in [0.5, 0.6) is 0 Å². The fourth-order valence-electron chi connectivity index (χ4n) is 12.3. The third-order valence-corrected chi connectivity index (χ3v) is 17.0. The van der Waals surface area contributed by atoms with E-state index in [1.165, 1.54) is 130 Å². The van der Waals surface area contributed by atoms with E-state index >= 15 is 0 Å². The maximum absolute atomic E-state index is 2.91. The smallest absolute Gasteiger partial charge is 0.252 e. The summed E-state index contributed by atoms with van der Waals surface area (Å²) in [7, 11) is 0. The van der Waals surface area contributed by atoms with Gasteiger partial charge in [-0.25, -0.2) is 0 Å². The molecule has 6 aromatic carbocycles. The van der Waals surface area contributed by atoms with Crippen LogP contribution in [0.4, 0.5) is 28.4 Å². The van der Waals surface area contributed by atoms with Crippen molar-refractivity contribution in [2.45, 2.75) is 117 Å².